The first-order valence-electron chi connectivity index (χ1n) is 7.48. The van der Waals surface area contributed by atoms with Crippen LogP contribution in [0.1, 0.15) is 15.2 Å². The number of hydrogen-bond donors (Lipinski definition) is 1. The van der Waals surface area contributed by atoms with Crippen LogP contribution in [0.3, 0.4) is 0 Å². The Labute approximate surface area is 165 Å². The molecule has 1 aliphatic rings. The van der Waals surface area contributed by atoms with E-state index in [2.05, 4.69) is 21.2 Å². The van der Waals surface area contributed by atoms with Gasteiger partial charge in [-0.2, -0.15) is 0 Å². The Bertz CT molecular complexity index is 896. The third-order valence-electron chi connectivity index (χ3n) is 3.46. The zero-order valence-corrected chi connectivity index (χ0v) is 16.4. The summed E-state index contributed by atoms with van der Waals surface area (Å²) in [5.41, 5.74) is 0.633. The lowest BCUT2D eigenvalue weighted by molar-refractivity contribution is -0.122. The van der Waals surface area contributed by atoms with Crippen molar-refractivity contribution < 1.29 is 18.8 Å². The number of benzene rings is 1. The van der Waals surface area contributed by atoms with E-state index in [-0.39, 0.29) is 29.7 Å². The highest BCUT2D eigenvalue weighted by Gasteiger charge is 2.34. The highest BCUT2D eigenvalue weighted by molar-refractivity contribution is 9.11. The smallest absolute Gasteiger partial charge is 0.293 e. The summed E-state index contributed by atoms with van der Waals surface area (Å²) in [6, 6.07) is 9.10. The first kappa shape index (κ1) is 18.8. The maximum Gasteiger partial charge on any atom is 0.293 e. The summed E-state index contributed by atoms with van der Waals surface area (Å²) in [6.07, 6.45) is 1.55. The normalized spacial score (nSPS) is 15.8. The quantitative estimate of drug-likeness (QED) is 0.690. The second-order valence-corrected chi connectivity index (χ2v) is 8.70. The molecule has 5 nitrogen and oxygen atoms in total. The number of thiophene rings is 1. The fourth-order valence-electron chi connectivity index (χ4n) is 2.21. The molecule has 0 saturated carbocycles. The minimum Gasteiger partial charge on any atom is -0.350 e. The molecule has 2 heterocycles. The van der Waals surface area contributed by atoms with Crippen molar-refractivity contribution in [1.29, 1.82) is 0 Å². The Kier molecular flexibility index (Phi) is 5.90. The van der Waals surface area contributed by atoms with Gasteiger partial charge in [0, 0.05) is 13.1 Å². The third-order valence-corrected chi connectivity index (χ3v) is 5.99. The monoisotopic (exact) mass is 454 g/mol. The number of nitrogens with zero attached hydrogens (tertiary/aromatic N) is 1. The minimum absolute atomic E-state index is 0.0870. The number of carbonyl (C=O) groups is 3. The van der Waals surface area contributed by atoms with E-state index in [1.165, 1.54) is 35.6 Å². The molecule has 26 heavy (non-hydrogen) atoms. The Morgan fingerprint density at radius 1 is 1.19 bits per heavy atom. The van der Waals surface area contributed by atoms with Crippen LogP contribution >= 0.6 is 39.0 Å². The molecule has 1 aliphatic heterocycles. The second kappa shape index (κ2) is 8.15. The predicted molar refractivity (Wildman–Crippen MR) is 103 cm³/mol. The fraction of sp³-hybridized carbons (Fsp3) is 0.118. The molecule has 1 N–H and O–H groups in total. The van der Waals surface area contributed by atoms with Gasteiger partial charge in [0.25, 0.3) is 17.1 Å². The molecule has 0 atom stereocenters. The van der Waals surface area contributed by atoms with Crippen LogP contribution in [-0.2, 0) is 4.79 Å². The molecule has 1 saturated heterocycles. The summed E-state index contributed by atoms with van der Waals surface area (Å²) in [4.78, 5) is 38.3. The van der Waals surface area contributed by atoms with E-state index in [9.17, 15) is 18.8 Å². The molecule has 9 heteroatoms. The van der Waals surface area contributed by atoms with Crippen molar-refractivity contribution in [3.05, 3.63) is 61.3 Å². The van der Waals surface area contributed by atoms with Gasteiger partial charge in [-0.1, -0.05) is 12.1 Å². The van der Waals surface area contributed by atoms with Gasteiger partial charge in [-0.3, -0.25) is 19.3 Å². The zero-order valence-electron chi connectivity index (χ0n) is 13.2. The lowest BCUT2D eigenvalue weighted by Crippen LogP contribution is -2.37. The Morgan fingerprint density at radius 2 is 1.92 bits per heavy atom. The molecule has 1 aromatic heterocycles. The van der Waals surface area contributed by atoms with Crippen LogP contribution in [0.25, 0.3) is 6.08 Å². The van der Waals surface area contributed by atoms with E-state index in [1.54, 1.807) is 18.2 Å². The van der Waals surface area contributed by atoms with E-state index in [1.807, 2.05) is 0 Å². The van der Waals surface area contributed by atoms with Crippen molar-refractivity contribution >= 4 is 62.2 Å². The van der Waals surface area contributed by atoms with Gasteiger partial charge in [0.05, 0.1) is 13.6 Å². The zero-order chi connectivity index (χ0) is 18.7. The van der Waals surface area contributed by atoms with E-state index in [4.69, 9.17) is 0 Å². The number of rotatable bonds is 5. The molecule has 0 bridgehead atoms. The number of thioether (sulfide) groups is 1. The van der Waals surface area contributed by atoms with Gasteiger partial charge in [0.15, 0.2) is 0 Å². The summed E-state index contributed by atoms with van der Waals surface area (Å²) < 4.78 is 13.8. The fourth-order valence-corrected chi connectivity index (χ4v) is 4.38. The van der Waals surface area contributed by atoms with E-state index >= 15 is 0 Å². The lowest BCUT2D eigenvalue weighted by Gasteiger charge is -2.12. The van der Waals surface area contributed by atoms with Crippen molar-refractivity contribution in [3.8, 4) is 0 Å². The first-order valence-corrected chi connectivity index (χ1v) is 9.91. The summed E-state index contributed by atoms with van der Waals surface area (Å²) in [7, 11) is 0. The van der Waals surface area contributed by atoms with Gasteiger partial charge in [0.2, 0.25) is 0 Å². The van der Waals surface area contributed by atoms with Crippen molar-refractivity contribution in [2.45, 2.75) is 0 Å². The number of nitrogens with one attached hydrogen (secondary N) is 1. The molecular weight excluding hydrogens is 443 g/mol. The predicted octanol–water partition coefficient (Wildman–Crippen LogP) is 4.12. The average molecular weight is 455 g/mol. The van der Waals surface area contributed by atoms with Gasteiger partial charge in [-0.25, -0.2) is 4.39 Å². The molecule has 1 fully saturated rings. The lowest BCUT2D eigenvalue weighted by atomic mass is 10.2. The Morgan fingerprint density at radius 3 is 2.58 bits per heavy atom. The van der Waals surface area contributed by atoms with Crippen LogP contribution in [0.15, 0.2) is 45.1 Å². The van der Waals surface area contributed by atoms with Crippen LogP contribution in [0, 0.1) is 5.82 Å². The summed E-state index contributed by atoms with van der Waals surface area (Å²) in [5.74, 6) is -1.05. The number of imide groups is 1. The molecule has 3 rings (SSSR count). The molecule has 1 aromatic carbocycles. The minimum atomic E-state index is -0.419. The van der Waals surface area contributed by atoms with Gasteiger partial charge < -0.3 is 5.32 Å². The maximum atomic E-state index is 12.9. The second-order valence-electron chi connectivity index (χ2n) is 5.24. The van der Waals surface area contributed by atoms with Gasteiger partial charge >= 0.3 is 0 Å². The molecule has 3 amide bonds. The molecule has 134 valence electrons. The number of amides is 3. The van der Waals surface area contributed by atoms with Crippen LogP contribution in [0.5, 0.6) is 0 Å². The van der Waals surface area contributed by atoms with E-state index in [0.717, 1.165) is 20.4 Å². The summed E-state index contributed by atoms with van der Waals surface area (Å²) in [6.45, 7) is 0.250. The first-order chi connectivity index (χ1) is 12.4. The van der Waals surface area contributed by atoms with Gasteiger partial charge in [-0.05, 0) is 63.6 Å². The topological polar surface area (TPSA) is 66.5 Å². The highest BCUT2D eigenvalue weighted by atomic mass is 79.9. The molecular formula is C17H12BrFN2O3S2. The van der Waals surface area contributed by atoms with Crippen molar-refractivity contribution in [1.82, 2.24) is 10.2 Å². The van der Waals surface area contributed by atoms with Crippen molar-refractivity contribution in [2.75, 3.05) is 13.1 Å². The summed E-state index contributed by atoms with van der Waals surface area (Å²) >= 11 is 5.41. The van der Waals surface area contributed by atoms with Crippen molar-refractivity contribution in [3.63, 3.8) is 0 Å². The molecule has 0 unspecified atom stereocenters. The number of halogens is 2. The van der Waals surface area contributed by atoms with Crippen LogP contribution in [0.2, 0.25) is 0 Å². The SMILES string of the molecule is O=C(NCCN1C(=O)S/C(=C\c2ccc(F)cc2)C1=O)c1ccc(Br)s1. The molecule has 0 aliphatic carbocycles. The number of carbonyl (C=O) groups excluding carboxylic acids is 3. The third kappa shape index (κ3) is 4.40. The van der Waals surface area contributed by atoms with E-state index < -0.39 is 11.1 Å². The molecule has 2 aromatic rings. The van der Waals surface area contributed by atoms with Gasteiger partial charge in [-0.15, -0.1) is 11.3 Å². The van der Waals surface area contributed by atoms with Gasteiger partial charge in [0.1, 0.15) is 5.82 Å². The molecule has 0 spiro atoms. The highest BCUT2D eigenvalue weighted by Crippen LogP contribution is 2.31. The average Bonchev–Trinajstić information content (AvgIpc) is 3.15. The standard InChI is InChI=1S/C17H12BrFN2O3S2/c18-14-6-5-12(25-14)15(22)20-7-8-21-16(23)13(26-17(21)24)9-10-1-3-11(19)4-2-10/h1-6,9H,7-8H2,(H,20,22)/b13-9-. The Hall–Kier alpha value is -1.97. The van der Waals surface area contributed by atoms with Crippen LogP contribution in [0.4, 0.5) is 9.18 Å². The molecule has 0 radical (unpaired) electrons. The maximum absolute atomic E-state index is 12.9. The largest absolute Gasteiger partial charge is 0.350 e. The number of hydrogen-bond acceptors (Lipinski definition) is 5. The Balaban J connectivity index is 1.58. The van der Waals surface area contributed by atoms with Crippen LogP contribution < -0.4 is 5.32 Å². The van der Waals surface area contributed by atoms with E-state index in [0.29, 0.717) is 10.4 Å². The summed E-state index contributed by atoms with van der Waals surface area (Å²) in [5, 5.41) is 2.29. The van der Waals surface area contributed by atoms with Crippen LogP contribution in [-0.4, -0.2) is 35.0 Å². The van der Waals surface area contributed by atoms with Crippen molar-refractivity contribution in [2.24, 2.45) is 0 Å².